The van der Waals surface area contributed by atoms with E-state index in [1.807, 2.05) is 0 Å². The van der Waals surface area contributed by atoms with Gasteiger partial charge in [-0.2, -0.15) is 0 Å². The Kier molecular flexibility index (Phi) is 5.11. The van der Waals surface area contributed by atoms with E-state index < -0.39 is 0 Å². The van der Waals surface area contributed by atoms with Crippen LogP contribution in [0.25, 0.3) is 0 Å². The summed E-state index contributed by atoms with van der Waals surface area (Å²) < 4.78 is 0. The van der Waals surface area contributed by atoms with Crippen LogP contribution < -0.4 is 5.73 Å². The molecule has 0 radical (unpaired) electrons. The number of rotatable bonds is 4. The minimum atomic E-state index is -0.168. The van der Waals surface area contributed by atoms with E-state index in [2.05, 4.69) is 16.8 Å². The zero-order chi connectivity index (χ0) is 10.3. The zero-order valence-corrected chi connectivity index (χ0v) is 7.82. The second-order valence-electron chi connectivity index (χ2n) is 2.22. The summed E-state index contributed by atoms with van der Waals surface area (Å²) in [4.78, 5) is 11.1. The van der Waals surface area contributed by atoms with Crippen LogP contribution in [0, 0.1) is 0 Å². The van der Waals surface area contributed by atoms with E-state index in [0.717, 1.165) is 6.34 Å². The molecule has 0 amide bonds. The fraction of sp³-hybridized carbons (Fsp3) is 0.222. The molecule has 4 nitrogen and oxygen atoms in total. The van der Waals surface area contributed by atoms with Crippen LogP contribution in [0.15, 0.2) is 34.5 Å². The molecule has 0 unspecified atom stereocenters. The number of Topliss-reactive ketones (excluding diaryl/α,β-unsaturated/α-hetero) is 1. The summed E-state index contributed by atoms with van der Waals surface area (Å²) in [5.74, 6) is -0.168. The molecule has 13 heavy (non-hydrogen) atoms. The molecule has 4 heteroatoms. The molecule has 0 spiro atoms. The van der Waals surface area contributed by atoms with Crippen LogP contribution in [0.1, 0.15) is 13.8 Å². The van der Waals surface area contributed by atoms with Gasteiger partial charge in [0.25, 0.3) is 0 Å². The number of allylic oxidation sites excluding steroid dienone is 3. The van der Waals surface area contributed by atoms with Crippen molar-refractivity contribution in [3.05, 3.63) is 24.3 Å². The Bertz CT molecular complexity index is 287. The second kappa shape index (κ2) is 5.88. The molecular weight excluding hydrogens is 166 g/mol. The minimum Gasteiger partial charge on any atom is -0.388 e. The molecule has 0 saturated carbocycles. The SMILES string of the molecule is C=CC(=CC)C(=N/N=C/N)C(C)=O. The molecule has 0 fully saturated rings. The van der Waals surface area contributed by atoms with Crippen LogP contribution in [0.4, 0.5) is 0 Å². The number of carbonyl (C=O) groups is 1. The Morgan fingerprint density at radius 3 is 2.46 bits per heavy atom. The summed E-state index contributed by atoms with van der Waals surface area (Å²) in [6.07, 6.45) is 4.31. The quantitative estimate of drug-likeness (QED) is 0.303. The van der Waals surface area contributed by atoms with E-state index >= 15 is 0 Å². The van der Waals surface area contributed by atoms with Gasteiger partial charge < -0.3 is 5.73 Å². The monoisotopic (exact) mass is 179 g/mol. The van der Waals surface area contributed by atoms with E-state index in [1.165, 1.54) is 6.92 Å². The van der Waals surface area contributed by atoms with Gasteiger partial charge in [-0.05, 0) is 6.92 Å². The first kappa shape index (κ1) is 11.3. The Balaban J connectivity index is 5.02. The van der Waals surface area contributed by atoms with Crippen molar-refractivity contribution in [2.75, 3.05) is 0 Å². The van der Waals surface area contributed by atoms with Gasteiger partial charge in [-0.3, -0.25) is 4.79 Å². The summed E-state index contributed by atoms with van der Waals surface area (Å²) in [6, 6.07) is 0. The molecule has 2 N–H and O–H groups in total. The summed E-state index contributed by atoms with van der Waals surface area (Å²) in [5, 5.41) is 7.10. The van der Waals surface area contributed by atoms with Gasteiger partial charge in [-0.25, -0.2) is 0 Å². The number of carbonyl (C=O) groups excluding carboxylic acids is 1. The third-order valence-electron chi connectivity index (χ3n) is 1.36. The number of hydrogen-bond donors (Lipinski definition) is 1. The van der Waals surface area contributed by atoms with Crippen LogP contribution in [0.3, 0.4) is 0 Å². The molecule has 0 aromatic carbocycles. The van der Waals surface area contributed by atoms with E-state index in [9.17, 15) is 4.79 Å². The highest BCUT2D eigenvalue weighted by atomic mass is 16.1. The maximum absolute atomic E-state index is 11.1. The van der Waals surface area contributed by atoms with E-state index in [4.69, 9.17) is 5.73 Å². The summed E-state index contributed by atoms with van der Waals surface area (Å²) in [6.45, 7) is 6.77. The first-order valence-corrected chi connectivity index (χ1v) is 3.78. The molecule has 0 rings (SSSR count). The van der Waals surface area contributed by atoms with Gasteiger partial charge in [-0.15, -0.1) is 10.2 Å². The van der Waals surface area contributed by atoms with Crippen molar-refractivity contribution in [2.24, 2.45) is 15.9 Å². The number of hydrogen-bond acceptors (Lipinski definition) is 3. The van der Waals surface area contributed by atoms with Gasteiger partial charge in [0.2, 0.25) is 0 Å². The van der Waals surface area contributed by atoms with Crippen molar-refractivity contribution >= 4 is 17.8 Å². The molecule has 0 atom stereocenters. The third kappa shape index (κ3) is 3.46. The van der Waals surface area contributed by atoms with Crippen LogP contribution >= 0.6 is 0 Å². The Morgan fingerprint density at radius 2 is 2.15 bits per heavy atom. The van der Waals surface area contributed by atoms with Gasteiger partial charge in [0.15, 0.2) is 5.78 Å². The molecule has 70 valence electrons. The molecule has 0 aliphatic heterocycles. The van der Waals surface area contributed by atoms with Crippen LogP contribution in [0.5, 0.6) is 0 Å². The van der Waals surface area contributed by atoms with Crippen molar-refractivity contribution in [1.29, 1.82) is 0 Å². The van der Waals surface area contributed by atoms with Crippen molar-refractivity contribution < 1.29 is 4.79 Å². The average Bonchev–Trinajstić information content (AvgIpc) is 2.11. The van der Waals surface area contributed by atoms with E-state index in [-0.39, 0.29) is 11.5 Å². The highest BCUT2D eigenvalue weighted by molar-refractivity contribution is 6.46. The molecule has 0 aromatic rings. The molecule has 0 bridgehead atoms. The van der Waals surface area contributed by atoms with Gasteiger partial charge in [0.1, 0.15) is 12.1 Å². The van der Waals surface area contributed by atoms with Crippen molar-refractivity contribution in [1.82, 2.24) is 0 Å². The lowest BCUT2D eigenvalue weighted by atomic mass is 10.1. The lowest BCUT2D eigenvalue weighted by Gasteiger charge is -1.99. The highest BCUT2D eigenvalue weighted by Gasteiger charge is 2.08. The molecule has 0 aromatic heterocycles. The molecule has 0 heterocycles. The Labute approximate surface area is 77.5 Å². The standard InChI is InChI=1S/C9H13N3O/c1-4-8(5-2)9(7(3)13)12-11-6-10/h4-6H,1H2,2-3H3,(H2,10,11). The van der Waals surface area contributed by atoms with Crippen LogP contribution in [-0.2, 0) is 4.79 Å². The maximum atomic E-state index is 11.1. The average molecular weight is 179 g/mol. The fourth-order valence-electron chi connectivity index (χ4n) is 0.774. The normalized spacial score (nSPS) is 13.4. The predicted molar refractivity (Wildman–Crippen MR) is 54.7 cm³/mol. The van der Waals surface area contributed by atoms with Crippen molar-refractivity contribution in [2.45, 2.75) is 13.8 Å². The molecule has 0 aliphatic rings. The molecule has 0 saturated heterocycles. The topological polar surface area (TPSA) is 67.8 Å². The van der Waals surface area contributed by atoms with E-state index in [1.54, 1.807) is 19.1 Å². The zero-order valence-electron chi connectivity index (χ0n) is 7.82. The second-order valence-corrected chi connectivity index (χ2v) is 2.22. The van der Waals surface area contributed by atoms with Crippen molar-refractivity contribution in [3.63, 3.8) is 0 Å². The number of nitrogens with zero attached hydrogens (tertiary/aromatic N) is 2. The number of nitrogens with two attached hydrogens (primary N) is 1. The first-order chi connectivity index (χ1) is 6.17. The minimum absolute atomic E-state index is 0.168. The summed E-state index contributed by atoms with van der Waals surface area (Å²) in [5.41, 5.74) is 5.92. The van der Waals surface area contributed by atoms with Gasteiger partial charge in [0.05, 0.1) is 0 Å². The Morgan fingerprint density at radius 1 is 1.54 bits per heavy atom. The first-order valence-electron chi connectivity index (χ1n) is 3.78. The fourth-order valence-corrected chi connectivity index (χ4v) is 0.774. The van der Waals surface area contributed by atoms with Gasteiger partial charge in [-0.1, -0.05) is 18.7 Å². The molecule has 0 aliphatic carbocycles. The lowest BCUT2D eigenvalue weighted by molar-refractivity contribution is -0.111. The van der Waals surface area contributed by atoms with Crippen LogP contribution in [0.2, 0.25) is 0 Å². The van der Waals surface area contributed by atoms with Gasteiger partial charge in [0, 0.05) is 12.5 Å². The van der Waals surface area contributed by atoms with Gasteiger partial charge >= 0.3 is 0 Å². The summed E-state index contributed by atoms with van der Waals surface area (Å²) >= 11 is 0. The Hall–Kier alpha value is -1.71. The maximum Gasteiger partial charge on any atom is 0.180 e. The number of ketones is 1. The van der Waals surface area contributed by atoms with Crippen LogP contribution in [-0.4, -0.2) is 17.8 Å². The molecular formula is C9H13N3O. The smallest absolute Gasteiger partial charge is 0.180 e. The highest BCUT2D eigenvalue weighted by Crippen LogP contribution is 2.01. The third-order valence-corrected chi connectivity index (χ3v) is 1.36. The van der Waals surface area contributed by atoms with E-state index in [0.29, 0.717) is 5.57 Å². The van der Waals surface area contributed by atoms with Crippen molar-refractivity contribution in [3.8, 4) is 0 Å². The summed E-state index contributed by atoms with van der Waals surface area (Å²) in [7, 11) is 0. The largest absolute Gasteiger partial charge is 0.388 e. The predicted octanol–water partition coefficient (Wildman–Crippen LogP) is 1.05. The lowest BCUT2D eigenvalue weighted by Crippen LogP contribution is -2.11.